The number of rotatable bonds is 4. The van der Waals surface area contributed by atoms with Crippen LogP contribution in [-0.2, 0) is 6.54 Å². The zero-order valence-corrected chi connectivity index (χ0v) is 11.0. The van der Waals surface area contributed by atoms with E-state index < -0.39 is 0 Å². The van der Waals surface area contributed by atoms with Gasteiger partial charge in [-0.1, -0.05) is 26.8 Å². The van der Waals surface area contributed by atoms with Crippen LogP contribution in [0, 0.1) is 16.7 Å². The maximum absolute atomic E-state index is 8.98. The van der Waals surface area contributed by atoms with Crippen molar-refractivity contribution in [2.75, 3.05) is 13.7 Å². The first-order valence-corrected chi connectivity index (χ1v) is 5.74. The molecule has 0 unspecified atom stereocenters. The van der Waals surface area contributed by atoms with Crippen LogP contribution in [0.1, 0.15) is 31.9 Å². The predicted molar refractivity (Wildman–Crippen MR) is 68.9 cm³/mol. The third-order valence-electron chi connectivity index (χ3n) is 2.37. The summed E-state index contributed by atoms with van der Waals surface area (Å²) in [6, 6.07) is 7.83. The number of nitrogens with zero attached hydrogens (tertiary/aromatic N) is 1. The summed E-state index contributed by atoms with van der Waals surface area (Å²) >= 11 is 0. The molecule has 1 N–H and O–H groups in total. The lowest BCUT2D eigenvalue weighted by molar-refractivity contribution is 0.379. The summed E-state index contributed by atoms with van der Waals surface area (Å²) in [5.74, 6) is 0.632. The molecule has 1 aromatic rings. The molecule has 0 aliphatic carbocycles. The molecule has 1 aromatic carbocycles. The van der Waals surface area contributed by atoms with Crippen LogP contribution in [0.3, 0.4) is 0 Å². The van der Waals surface area contributed by atoms with Crippen molar-refractivity contribution in [3.05, 3.63) is 29.3 Å². The molecule has 17 heavy (non-hydrogen) atoms. The first-order valence-electron chi connectivity index (χ1n) is 5.74. The van der Waals surface area contributed by atoms with Crippen molar-refractivity contribution in [3.8, 4) is 11.8 Å². The number of benzene rings is 1. The predicted octanol–water partition coefficient (Wildman–Crippen LogP) is 2.70. The molecule has 3 heteroatoms. The molecule has 1 rings (SSSR count). The number of hydrogen-bond acceptors (Lipinski definition) is 3. The van der Waals surface area contributed by atoms with E-state index in [-0.39, 0.29) is 5.41 Å². The van der Waals surface area contributed by atoms with E-state index in [1.807, 2.05) is 18.2 Å². The van der Waals surface area contributed by atoms with Crippen LogP contribution in [0.25, 0.3) is 0 Å². The topological polar surface area (TPSA) is 45.0 Å². The third-order valence-corrected chi connectivity index (χ3v) is 2.37. The third kappa shape index (κ3) is 4.46. The maximum Gasteiger partial charge on any atom is 0.136 e. The molecule has 0 atom stereocenters. The van der Waals surface area contributed by atoms with Crippen LogP contribution in [0.2, 0.25) is 0 Å². The highest BCUT2D eigenvalue weighted by molar-refractivity contribution is 5.45. The van der Waals surface area contributed by atoms with Gasteiger partial charge in [0.2, 0.25) is 0 Å². The molecule has 0 saturated heterocycles. The smallest absolute Gasteiger partial charge is 0.136 e. The number of ether oxygens (including phenoxy) is 1. The fourth-order valence-corrected chi connectivity index (χ4v) is 1.53. The lowest BCUT2D eigenvalue weighted by Gasteiger charge is -2.18. The number of nitriles is 1. The second-order valence-corrected chi connectivity index (χ2v) is 5.31. The van der Waals surface area contributed by atoms with Crippen LogP contribution >= 0.6 is 0 Å². The van der Waals surface area contributed by atoms with Crippen LogP contribution in [-0.4, -0.2) is 13.7 Å². The summed E-state index contributed by atoms with van der Waals surface area (Å²) in [5, 5.41) is 12.4. The van der Waals surface area contributed by atoms with E-state index in [0.717, 1.165) is 18.7 Å². The minimum absolute atomic E-state index is 0.268. The second-order valence-electron chi connectivity index (χ2n) is 5.31. The van der Waals surface area contributed by atoms with E-state index in [1.54, 1.807) is 7.11 Å². The normalized spacial score (nSPS) is 11.0. The molecule has 3 nitrogen and oxygen atoms in total. The van der Waals surface area contributed by atoms with Crippen LogP contribution in [0.5, 0.6) is 5.75 Å². The van der Waals surface area contributed by atoms with Gasteiger partial charge in [-0.15, -0.1) is 0 Å². The lowest BCUT2D eigenvalue weighted by Crippen LogP contribution is -2.26. The highest BCUT2D eigenvalue weighted by Crippen LogP contribution is 2.19. The Bertz CT molecular complexity index is 413. The van der Waals surface area contributed by atoms with Gasteiger partial charge in [0.25, 0.3) is 0 Å². The molecule has 0 heterocycles. The Morgan fingerprint density at radius 3 is 2.59 bits per heavy atom. The van der Waals surface area contributed by atoms with E-state index >= 15 is 0 Å². The summed E-state index contributed by atoms with van der Waals surface area (Å²) in [7, 11) is 1.58. The molecule has 0 aromatic heterocycles. The highest BCUT2D eigenvalue weighted by atomic mass is 16.5. The van der Waals surface area contributed by atoms with Gasteiger partial charge in [-0.3, -0.25) is 0 Å². The molecule has 0 fully saturated rings. The van der Waals surface area contributed by atoms with Gasteiger partial charge in [0.05, 0.1) is 12.7 Å². The largest absolute Gasteiger partial charge is 0.495 e. The van der Waals surface area contributed by atoms with Crippen LogP contribution in [0.15, 0.2) is 18.2 Å². The van der Waals surface area contributed by atoms with Crippen molar-refractivity contribution in [1.82, 2.24) is 5.32 Å². The number of hydrogen-bond donors (Lipinski definition) is 1. The second kappa shape index (κ2) is 5.70. The van der Waals surface area contributed by atoms with Gasteiger partial charge < -0.3 is 10.1 Å². The van der Waals surface area contributed by atoms with Crippen molar-refractivity contribution in [1.29, 1.82) is 5.26 Å². The molecular formula is C14H20N2O. The van der Waals surface area contributed by atoms with E-state index in [1.165, 1.54) is 0 Å². The summed E-state index contributed by atoms with van der Waals surface area (Å²) < 4.78 is 5.11. The van der Waals surface area contributed by atoms with Gasteiger partial charge in [-0.25, -0.2) is 0 Å². The average Bonchev–Trinajstić information content (AvgIpc) is 2.27. The van der Waals surface area contributed by atoms with Crippen molar-refractivity contribution in [2.24, 2.45) is 5.41 Å². The molecular weight excluding hydrogens is 212 g/mol. The van der Waals surface area contributed by atoms with Gasteiger partial charge in [0.15, 0.2) is 0 Å². The quantitative estimate of drug-likeness (QED) is 0.868. The van der Waals surface area contributed by atoms with Crippen molar-refractivity contribution >= 4 is 0 Å². The van der Waals surface area contributed by atoms with Gasteiger partial charge in [-0.05, 0) is 23.1 Å². The fraction of sp³-hybridized carbons (Fsp3) is 0.500. The maximum atomic E-state index is 8.98. The Labute approximate surface area is 103 Å². The van der Waals surface area contributed by atoms with E-state index in [4.69, 9.17) is 10.00 Å². The van der Waals surface area contributed by atoms with Gasteiger partial charge in [-0.2, -0.15) is 5.26 Å². The van der Waals surface area contributed by atoms with Crippen molar-refractivity contribution < 1.29 is 4.74 Å². The van der Waals surface area contributed by atoms with E-state index in [9.17, 15) is 0 Å². The molecule has 0 spiro atoms. The summed E-state index contributed by atoms with van der Waals surface area (Å²) in [6.45, 7) is 8.29. The minimum atomic E-state index is 0.268. The summed E-state index contributed by atoms with van der Waals surface area (Å²) in [4.78, 5) is 0. The first kappa shape index (κ1) is 13.5. The van der Waals surface area contributed by atoms with Crippen LogP contribution in [0.4, 0.5) is 0 Å². The molecule has 0 saturated carbocycles. The Kier molecular flexibility index (Phi) is 4.53. The molecule has 0 amide bonds. The SMILES string of the molecule is COc1ccc(CNCC(C)(C)C)cc1C#N. The Balaban J connectivity index is 2.65. The Morgan fingerprint density at radius 1 is 1.35 bits per heavy atom. The monoisotopic (exact) mass is 232 g/mol. The lowest BCUT2D eigenvalue weighted by atomic mass is 9.97. The zero-order chi connectivity index (χ0) is 12.9. The Hall–Kier alpha value is -1.53. The van der Waals surface area contributed by atoms with E-state index in [0.29, 0.717) is 11.3 Å². The van der Waals surface area contributed by atoms with Gasteiger partial charge >= 0.3 is 0 Å². The van der Waals surface area contributed by atoms with Crippen molar-refractivity contribution in [3.63, 3.8) is 0 Å². The highest BCUT2D eigenvalue weighted by Gasteiger charge is 2.09. The van der Waals surface area contributed by atoms with E-state index in [2.05, 4.69) is 32.2 Å². The molecule has 92 valence electrons. The fourth-order valence-electron chi connectivity index (χ4n) is 1.53. The Morgan fingerprint density at radius 2 is 2.06 bits per heavy atom. The molecule has 0 aliphatic rings. The van der Waals surface area contributed by atoms with Crippen molar-refractivity contribution in [2.45, 2.75) is 27.3 Å². The van der Waals surface area contributed by atoms with Gasteiger partial charge in [0.1, 0.15) is 11.8 Å². The average molecular weight is 232 g/mol. The standard InChI is InChI=1S/C14H20N2O/c1-14(2,3)10-16-9-11-5-6-13(17-4)12(7-11)8-15/h5-7,16H,9-10H2,1-4H3. The molecule has 0 aliphatic heterocycles. The summed E-state index contributed by atoms with van der Waals surface area (Å²) in [5.41, 5.74) is 1.96. The zero-order valence-electron chi connectivity index (χ0n) is 11.0. The minimum Gasteiger partial charge on any atom is -0.495 e. The number of methoxy groups -OCH3 is 1. The molecule has 0 bridgehead atoms. The van der Waals surface area contributed by atoms with Crippen LogP contribution < -0.4 is 10.1 Å². The van der Waals surface area contributed by atoms with Gasteiger partial charge in [0, 0.05) is 13.1 Å². The molecule has 0 radical (unpaired) electrons. The first-order chi connectivity index (χ1) is 7.96. The summed E-state index contributed by atoms with van der Waals surface area (Å²) in [6.07, 6.45) is 0. The number of nitrogens with one attached hydrogen (secondary N) is 1.